The van der Waals surface area contributed by atoms with E-state index in [1.807, 2.05) is 6.07 Å². The second-order valence-corrected chi connectivity index (χ2v) is 3.66. The molecule has 1 unspecified atom stereocenters. The monoisotopic (exact) mass is 217 g/mol. The van der Waals surface area contributed by atoms with Gasteiger partial charge in [0.2, 0.25) is 0 Å². The zero-order valence-corrected chi connectivity index (χ0v) is 8.90. The lowest BCUT2D eigenvalue weighted by Crippen LogP contribution is -2.02. The first-order valence-electron chi connectivity index (χ1n) is 3.92. The van der Waals surface area contributed by atoms with Crippen LogP contribution in [0.5, 0.6) is 0 Å². The van der Waals surface area contributed by atoms with Crippen molar-refractivity contribution >= 4 is 23.2 Å². The maximum Gasteiger partial charge on any atom is 0.0531 e. The minimum absolute atomic E-state index is 0.0243. The largest absolute Gasteiger partial charge is 0.384 e. The van der Waals surface area contributed by atoms with Crippen LogP contribution < -0.4 is 0 Å². The highest BCUT2D eigenvalue weighted by Crippen LogP contribution is 2.27. The molecule has 0 N–H and O–H groups in total. The predicted octanol–water partition coefficient (Wildman–Crippen LogP) is 3.56. The smallest absolute Gasteiger partial charge is 0.0531 e. The summed E-state index contributed by atoms with van der Waals surface area (Å²) in [5.74, 6) is 0.0243. The Kier molecular flexibility index (Phi) is 4.04. The van der Waals surface area contributed by atoms with Crippen LogP contribution in [0.2, 0.25) is 10.0 Å². The van der Waals surface area contributed by atoms with E-state index in [-0.39, 0.29) is 5.92 Å². The third-order valence-electron chi connectivity index (χ3n) is 1.77. The van der Waals surface area contributed by atoms with Gasteiger partial charge in [-0.3, -0.25) is 0 Å². The lowest BCUT2D eigenvalue weighted by molar-refractivity contribution is 0.190. The molecule has 1 aromatic carbocycles. The Morgan fingerprint density at radius 1 is 1.46 bits per heavy atom. The third-order valence-corrected chi connectivity index (χ3v) is 2.35. The molecule has 1 radical (unpaired) electrons. The number of ether oxygens (including phenoxy) is 1. The number of halogens is 2. The molecule has 1 rings (SSSR count). The second kappa shape index (κ2) is 4.85. The molecule has 0 aliphatic heterocycles. The molecule has 0 fully saturated rings. The summed E-state index contributed by atoms with van der Waals surface area (Å²) < 4.78 is 4.99. The quantitative estimate of drug-likeness (QED) is 0.753. The van der Waals surface area contributed by atoms with Crippen molar-refractivity contribution in [3.8, 4) is 0 Å². The molecule has 0 aliphatic rings. The SMILES string of the molecule is [CH2]C(COC)c1cc(Cl)ccc1Cl. The zero-order valence-electron chi connectivity index (χ0n) is 7.39. The van der Waals surface area contributed by atoms with Crippen molar-refractivity contribution in [2.45, 2.75) is 5.92 Å². The standard InChI is InChI=1S/C10H11Cl2O/c1-7(6-13-2)9-5-8(11)3-4-10(9)12/h3-5,7H,1,6H2,2H3. The Hall–Kier alpha value is -0.240. The molecule has 1 atom stereocenters. The fourth-order valence-corrected chi connectivity index (χ4v) is 1.57. The number of hydrogen-bond acceptors (Lipinski definition) is 1. The molecule has 1 aromatic rings. The lowest BCUT2D eigenvalue weighted by Gasteiger charge is -2.12. The minimum atomic E-state index is 0.0243. The van der Waals surface area contributed by atoms with Crippen molar-refractivity contribution in [2.75, 3.05) is 13.7 Å². The van der Waals surface area contributed by atoms with Crippen LogP contribution in [-0.4, -0.2) is 13.7 Å². The van der Waals surface area contributed by atoms with E-state index in [0.29, 0.717) is 16.7 Å². The Labute approximate surface area is 88.6 Å². The molecule has 1 nitrogen and oxygen atoms in total. The topological polar surface area (TPSA) is 9.23 Å². The van der Waals surface area contributed by atoms with Crippen LogP contribution in [0, 0.1) is 6.92 Å². The van der Waals surface area contributed by atoms with Crippen molar-refractivity contribution < 1.29 is 4.74 Å². The Bertz CT molecular complexity index is 286. The fraction of sp³-hybridized carbons (Fsp3) is 0.300. The average Bonchev–Trinajstić information content (AvgIpc) is 2.09. The second-order valence-electron chi connectivity index (χ2n) is 2.82. The lowest BCUT2D eigenvalue weighted by atomic mass is 10.0. The molecule has 0 saturated carbocycles. The first-order valence-corrected chi connectivity index (χ1v) is 4.67. The molecule has 3 heteroatoms. The number of methoxy groups -OCH3 is 1. The van der Waals surface area contributed by atoms with E-state index in [0.717, 1.165) is 5.56 Å². The van der Waals surface area contributed by atoms with E-state index in [4.69, 9.17) is 27.9 Å². The summed E-state index contributed by atoms with van der Waals surface area (Å²) >= 11 is 11.8. The van der Waals surface area contributed by atoms with E-state index in [2.05, 4.69) is 6.92 Å². The van der Waals surface area contributed by atoms with Crippen molar-refractivity contribution in [2.24, 2.45) is 0 Å². The van der Waals surface area contributed by atoms with Gasteiger partial charge in [0.05, 0.1) is 6.61 Å². The summed E-state index contributed by atoms with van der Waals surface area (Å²) in [5, 5.41) is 1.35. The van der Waals surface area contributed by atoms with Crippen molar-refractivity contribution in [3.05, 3.63) is 40.7 Å². The Morgan fingerprint density at radius 3 is 2.77 bits per heavy atom. The molecular formula is C10H11Cl2O. The maximum atomic E-state index is 5.97. The van der Waals surface area contributed by atoms with Crippen LogP contribution in [0.3, 0.4) is 0 Å². The molecule has 71 valence electrons. The van der Waals surface area contributed by atoms with E-state index in [9.17, 15) is 0 Å². The Morgan fingerprint density at radius 2 is 2.15 bits per heavy atom. The third kappa shape index (κ3) is 2.87. The predicted molar refractivity (Wildman–Crippen MR) is 56.4 cm³/mol. The molecule has 0 aliphatic carbocycles. The van der Waals surface area contributed by atoms with Crippen LogP contribution >= 0.6 is 23.2 Å². The minimum Gasteiger partial charge on any atom is -0.384 e. The van der Waals surface area contributed by atoms with Crippen molar-refractivity contribution in [3.63, 3.8) is 0 Å². The van der Waals surface area contributed by atoms with Crippen LogP contribution in [0.25, 0.3) is 0 Å². The van der Waals surface area contributed by atoms with Gasteiger partial charge in [0, 0.05) is 23.1 Å². The van der Waals surface area contributed by atoms with Gasteiger partial charge in [-0.05, 0) is 30.7 Å². The van der Waals surface area contributed by atoms with Crippen LogP contribution in [-0.2, 0) is 4.74 Å². The molecule has 0 aromatic heterocycles. The zero-order chi connectivity index (χ0) is 9.84. The van der Waals surface area contributed by atoms with Gasteiger partial charge in [-0.15, -0.1) is 0 Å². The molecule has 0 saturated heterocycles. The average molecular weight is 218 g/mol. The van der Waals surface area contributed by atoms with Gasteiger partial charge in [-0.25, -0.2) is 0 Å². The van der Waals surface area contributed by atoms with Gasteiger partial charge in [0.1, 0.15) is 0 Å². The summed E-state index contributed by atoms with van der Waals surface area (Å²) in [6, 6.07) is 5.35. The van der Waals surface area contributed by atoms with Crippen LogP contribution in [0.15, 0.2) is 18.2 Å². The normalized spacial score (nSPS) is 12.9. The first kappa shape index (κ1) is 10.8. The first-order chi connectivity index (χ1) is 6.15. The van der Waals surface area contributed by atoms with Gasteiger partial charge in [0.15, 0.2) is 0 Å². The van der Waals surface area contributed by atoms with Crippen molar-refractivity contribution in [1.29, 1.82) is 0 Å². The fourth-order valence-electron chi connectivity index (χ4n) is 1.12. The molecule has 13 heavy (non-hydrogen) atoms. The molecule has 0 amide bonds. The van der Waals surface area contributed by atoms with Gasteiger partial charge >= 0.3 is 0 Å². The summed E-state index contributed by atoms with van der Waals surface area (Å²) in [6.07, 6.45) is 0. The summed E-state index contributed by atoms with van der Waals surface area (Å²) in [4.78, 5) is 0. The summed E-state index contributed by atoms with van der Waals surface area (Å²) in [7, 11) is 1.64. The highest BCUT2D eigenvalue weighted by atomic mass is 35.5. The molecule has 0 heterocycles. The highest BCUT2D eigenvalue weighted by molar-refractivity contribution is 6.33. The van der Waals surface area contributed by atoms with Crippen LogP contribution in [0.1, 0.15) is 11.5 Å². The number of benzene rings is 1. The molecule has 0 spiro atoms. The van der Waals surface area contributed by atoms with Gasteiger partial charge < -0.3 is 4.74 Å². The van der Waals surface area contributed by atoms with E-state index in [1.54, 1.807) is 19.2 Å². The van der Waals surface area contributed by atoms with E-state index >= 15 is 0 Å². The van der Waals surface area contributed by atoms with E-state index < -0.39 is 0 Å². The van der Waals surface area contributed by atoms with Gasteiger partial charge in [-0.2, -0.15) is 0 Å². The van der Waals surface area contributed by atoms with E-state index in [1.165, 1.54) is 0 Å². The number of rotatable bonds is 3. The summed E-state index contributed by atoms with van der Waals surface area (Å²) in [6.45, 7) is 4.47. The molecule has 0 bridgehead atoms. The van der Waals surface area contributed by atoms with Crippen molar-refractivity contribution in [1.82, 2.24) is 0 Å². The van der Waals surface area contributed by atoms with Gasteiger partial charge in [-0.1, -0.05) is 23.2 Å². The molecular weight excluding hydrogens is 207 g/mol. The maximum absolute atomic E-state index is 5.97. The highest BCUT2D eigenvalue weighted by Gasteiger charge is 2.09. The Balaban J connectivity index is 2.91. The summed E-state index contributed by atoms with van der Waals surface area (Å²) in [5.41, 5.74) is 0.927. The van der Waals surface area contributed by atoms with Crippen LogP contribution in [0.4, 0.5) is 0 Å². The van der Waals surface area contributed by atoms with Gasteiger partial charge in [0.25, 0.3) is 0 Å². The number of hydrogen-bond donors (Lipinski definition) is 0.